The smallest absolute Gasteiger partial charge is 0.224 e. The first-order valence-electron chi connectivity index (χ1n) is 7.09. The van der Waals surface area contributed by atoms with Crippen LogP contribution in [0.2, 0.25) is 0 Å². The molecule has 104 valence electrons. The van der Waals surface area contributed by atoms with Crippen molar-refractivity contribution in [2.45, 2.75) is 26.7 Å². The third-order valence-corrected chi connectivity index (χ3v) is 3.70. The number of carbonyl (C=O) groups is 1. The fourth-order valence-corrected chi connectivity index (χ4v) is 2.56. The molecule has 1 amide bonds. The van der Waals surface area contributed by atoms with Gasteiger partial charge in [-0.2, -0.15) is 0 Å². The van der Waals surface area contributed by atoms with E-state index in [-0.39, 0.29) is 17.2 Å². The van der Waals surface area contributed by atoms with E-state index >= 15 is 0 Å². The molecule has 2 rings (SSSR count). The number of hydrogen-bond acceptors (Lipinski definition) is 2. The predicted molar refractivity (Wildman–Crippen MR) is 77.9 cm³/mol. The first kappa shape index (κ1) is 14.1. The lowest BCUT2D eigenvalue weighted by Gasteiger charge is -2.26. The molecule has 0 spiro atoms. The van der Waals surface area contributed by atoms with E-state index in [1.165, 1.54) is 5.56 Å². The summed E-state index contributed by atoms with van der Waals surface area (Å²) in [5, 5.41) is 6.34. The molecule has 1 heterocycles. The van der Waals surface area contributed by atoms with Crippen LogP contribution in [0.1, 0.15) is 25.8 Å². The summed E-state index contributed by atoms with van der Waals surface area (Å²) in [6.07, 6.45) is 1.95. The molecular weight excluding hydrogens is 236 g/mol. The summed E-state index contributed by atoms with van der Waals surface area (Å²) in [5.41, 5.74) is 1.41. The molecule has 1 atom stereocenters. The number of hydrogen-bond donors (Lipinski definition) is 2. The first-order chi connectivity index (χ1) is 9.07. The van der Waals surface area contributed by atoms with Gasteiger partial charge >= 0.3 is 0 Å². The average molecular weight is 260 g/mol. The standard InChI is InChI=1S/C16H24N2O/c1-16(2,10-13-6-4-3-5-7-13)12-18-15(19)14-8-9-17-11-14/h3-7,14,17H,8-12H2,1-2H3,(H,18,19). The number of carbonyl (C=O) groups excluding carboxylic acids is 1. The number of benzene rings is 1. The highest BCUT2D eigenvalue weighted by Gasteiger charge is 2.25. The largest absolute Gasteiger partial charge is 0.355 e. The molecular formula is C16H24N2O. The molecule has 0 saturated carbocycles. The van der Waals surface area contributed by atoms with Crippen LogP contribution < -0.4 is 10.6 Å². The fourth-order valence-electron chi connectivity index (χ4n) is 2.56. The van der Waals surface area contributed by atoms with Crippen molar-refractivity contribution < 1.29 is 4.79 Å². The molecule has 1 aliphatic heterocycles. The van der Waals surface area contributed by atoms with Crippen molar-refractivity contribution in [3.63, 3.8) is 0 Å². The molecule has 3 heteroatoms. The monoisotopic (exact) mass is 260 g/mol. The van der Waals surface area contributed by atoms with E-state index in [0.717, 1.165) is 32.5 Å². The molecule has 1 aromatic carbocycles. The Morgan fingerprint density at radius 2 is 2.11 bits per heavy atom. The lowest BCUT2D eigenvalue weighted by atomic mass is 9.85. The van der Waals surface area contributed by atoms with Crippen LogP contribution in [0.15, 0.2) is 30.3 Å². The summed E-state index contributed by atoms with van der Waals surface area (Å²) in [6, 6.07) is 10.4. The Bertz CT molecular complexity index is 408. The van der Waals surface area contributed by atoms with Crippen LogP contribution in [0, 0.1) is 11.3 Å². The molecule has 0 aliphatic carbocycles. The van der Waals surface area contributed by atoms with E-state index in [2.05, 4.69) is 48.7 Å². The zero-order valence-electron chi connectivity index (χ0n) is 11.9. The third kappa shape index (κ3) is 4.35. The lowest BCUT2D eigenvalue weighted by Crippen LogP contribution is -2.39. The van der Waals surface area contributed by atoms with Crippen LogP contribution in [0.4, 0.5) is 0 Å². The Morgan fingerprint density at radius 1 is 1.37 bits per heavy atom. The van der Waals surface area contributed by atoms with Gasteiger partial charge in [0, 0.05) is 13.1 Å². The van der Waals surface area contributed by atoms with Crippen molar-refractivity contribution >= 4 is 5.91 Å². The van der Waals surface area contributed by atoms with Crippen LogP contribution in [0.3, 0.4) is 0 Å². The van der Waals surface area contributed by atoms with Gasteiger partial charge in [0.2, 0.25) is 5.91 Å². The van der Waals surface area contributed by atoms with Gasteiger partial charge in [0.15, 0.2) is 0 Å². The molecule has 0 aromatic heterocycles. The second-order valence-electron chi connectivity index (χ2n) is 6.23. The van der Waals surface area contributed by atoms with Crippen LogP contribution in [-0.4, -0.2) is 25.5 Å². The summed E-state index contributed by atoms with van der Waals surface area (Å²) in [7, 11) is 0. The van der Waals surface area contributed by atoms with Gasteiger partial charge in [0.05, 0.1) is 5.92 Å². The minimum atomic E-state index is 0.0864. The van der Waals surface area contributed by atoms with Gasteiger partial charge in [-0.25, -0.2) is 0 Å². The zero-order valence-corrected chi connectivity index (χ0v) is 11.9. The van der Waals surface area contributed by atoms with Gasteiger partial charge in [0.1, 0.15) is 0 Å². The highest BCUT2D eigenvalue weighted by atomic mass is 16.1. The van der Waals surface area contributed by atoms with E-state index in [1.807, 2.05) is 6.07 Å². The van der Waals surface area contributed by atoms with E-state index in [9.17, 15) is 4.79 Å². The lowest BCUT2D eigenvalue weighted by molar-refractivity contribution is -0.124. The Labute approximate surface area is 115 Å². The van der Waals surface area contributed by atoms with Crippen LogP contribution in [0.25, 0.3) is 0 Å². The molecule has 2 N–H and O–H groups in total. The van der Waals surface area contributed by atoms with Crippen molar-refractivity contribution in [2.24, 2.45) is 11.3 Å². The first-order valence-corrected chi connectivity index (χ1v) is 7.09. The summed E-state index contributed by atoms with van der Waals surface area (Å²) in [5.74, 6) is 0.360. The fraction of sp³-hybridized carbons (Fsp3) is 0.562. The van der Waals surface area contributed by atoms with Gasteiger partial charge in [-0.3, -0.25) is 4.79 Å². The quantitative estimate of drug-likeness (QED) is 0.850. The number of rotatable bonds is 5. The minimum Gasteiger partial charge on any atom is -0.355 e. The van der Waals surface area contributed by atoms with Crippen molar-refractivity contribution in [1.82, 2.24) is 10.6 Å². The normalized spacial score (nSPS) is 19.4. The van der Waals surface area contributed by atoms with Crippen LogP contribution in [0.5, 0.6) is 0 Å². The highest BCUT2D eigenvalue weighted by Crippen LogP contribution is 2.21. The van der Waals surface area contributed by atoms with Gasteiger partial charge < -0.3 is 10.6 Å². The Morgan fingerprint density at radius 3 is 2.74 bits per heavy atom. The summed E-state index contributed by atoms with van der Waals surface area (Å²) in [6.45, 7) is 6.92. The number of nitrogens with one attached hydrogen (secondary N) is 2. The summed E-state index contributed by atoms with van der Waals surface area (Å²) >= 11 is 0. The van der Waals surface area contributed by atoms with Gasteiger partial charge in [-0.05, 0) is 30.4 Å². The summed E-state index contributed by atoms with van der Waals surface area (Å²) < 4.78 is 0. The van der Waals surface area contributed by atoms with Crippen molar-refractivity contribution in [2.75, 3.05) is 19.6 Å². The van der Waals surface area contributed by atoms with Crippen LogP contribution >= 0.6 is 0 Å². The highest BCUT2D eigenvalue weighted by molar-refractivity contribution is 5.79. The Kier molecular flexibility index (Phi) is 4.59. The molecule has 19 heavy (non-hydrogen) atoms. The Balaban J connectivity index is 1.81. The van der Waals surface area contributed by atoms with Gasteiger partial charge in [0.25, 0.3) is 0 Å². The van der Waals surface area contributed by atoms with E-state index < -0.39 is 0 Å². The average Bonchev–Trinajstić information content (AvgIpc) is 2.91. The third-order valence-electron chi connectivity index (χ3n) is 3.70. The SMILES string of the molecule is CC(C)(CNC(=O)C1CCNC1)Cc1ccccc1. The van der Waals surface area contributed by atoms with Crippen molar-refractivity contribution in [3.05, 3.63) is 35.9 Å². The Hall–Kier alpha value is -1.35. The molecule has 1 saturated heterocycles. The van der Waals surface area contributed by atoms with E-state index in [0.29, 0.717) is 0 Å². The maximum atomic E-state index is 12.0. The van der Waals surface area contributed by atoms with Gasteiger partial charge in [-0.15, -0.1) is 0 Å². The zero-order chi connectivity index (χ0) is 13.7. The molecule has 0 bridgehead atoms. The molecule has 1 aliphatic rings. The molecule has 0 radical (unpaired) electrons. The summed E-state index contributed by atoms with van der Waals surface area (Å²) in [4.78, 5) is 12.0. The molecule has 3 nitrogen and oxygen atoms in total. The van der Waals surface area contributed by atoms with E-state index in [4.69, 9.17) is 0 Å². The molecule has 1 fully saturated rings. The van der Waals surface area contributed by atoms with Crippen molar-refractivity contribution in [3.8, 4) is 0 Å². The van der Waals surface area contributed by atoms with E-state index in [1.54, 1.807) is 0 Å². The van der Waals surface area contributed by atoms with Gasteiger partial charge in [-0.1, -0.05) is 44.2 Å². The molecule has 1 aromatic rings. The predicted octanol–water partition coefficient (Wildman–Crippen LogP) is 1.98. The van der Waals surface area contributed by atoms with Crippen molar-refractivity contribution in [1.29, 1.82) is 0 Å². The second-order valence-corrected chi connectivity index (χ2v) is 6.23. The van der Waals surface area contributed by atoms with Crippen LogP contribution in [-0.2, 0) is 11.2 Å². The maximum absolute atomic E-state index is 12.0. The second kappa shape index (κ2) is 6.20. The number of amides is 1. The topological polar surface area (TPSA) is 41.1 Å². The maximum Gasteiger partial charge on any atom is 0.224 e. The minimum absolute atomic E-state index is 0.0864. The molecule has 1 unspecified atom stereocenters.